The van der Waals surface area contributed by atoms with Crippen molar-refractivity contribution in [1.29, 1.82) is 0 Å². The molecule has 0 N–H and O–H groups in total. The second-order valence-electron chi connectivity index (χ2n) is 8.00. The first-order valence-electron chi connectivity index (χ1n) is 10.5. The summed E-state index contributed by atoms with van der Waals surface area (Å²) in [7, 11) is 3.05. The van der Waals surface area contributed by atoms with Crippen LogP contribution in [0.1, 0.15) is 11.3 Å². The van der Waals surface area contributed by atoms with E-state index in [0.29, 0.717) is 21.7 Å². The molecule has 9 heteroatoms. The standard InChI is InChI=1S/C25H21FN4O3S/c1-14-12-29(13-27-14)19-10-5-16(11-20(19)33-4)22-15(2)21-23(31)28(3)25(32)30(24(21)34-22)18-8-6-17(26)7-9-18/h5-13H,1-4H3. The zero-order valence-electron chi connectivity index (χ0n) is 19.0. The van der Waals surface area contributed by atoms with Crippen molar-refractivity contribution in [2.75, 3.05) is 7.11 Å². The lowest BCUT2D eigenvalue weighted by Crippen LogP contribution is -2.37. The zero-order chi connectivity index (χ0) is 24.1. The molecule has 0 aliphatic carbocycles. The van der Waals surface area contributed by atoms with Crippen molar-refractivity contribution in [1.82, 2.24) is 18.7 Å². The minimum Gasteiger partial charge on any atom is -0.495 e. The smallest absolute Gasteiger partial charge is 0.336 e. The van der Waals surface area contributed by atoms with Gasteiger partial charge in [0.15, 0.2) is 0 Å². The van der Waals surface area contributed by atoms with Crippen LogP contribution in [0.4, 0.5) is 4.39 Å². The fourth-order valence-corrected chi connectivity index (χ4v) is 5.39. The predicted octanol–water partition coefficient (Wildman–Crippen LogP) is 4.37. The zero-order valence-corrected chi connectivity index (χ0v) is 19.8. The van der Waals surface area contributed by atoms with Crippen molar-refractivity contribution in [2.24, 2.45) is 7.05 Å². The number of hydrogen-bond acceptors (Lipinski definition) is 5. The molecule has 0 bridgehead atoms. The molecular formula is C25H21FN4O3S. The Morgan fingerprint density at radius 3 is 2.44 bits per heavy atom. The number of nitrogens with zero attached hydrogens (tertiary/aromatic N) is 4. The summed E-state index contributed by atoms with van der Waals surface area (Å²) in [4.78, 5) is 31.8. The van der Waals surface area contributed by atoms with Crippen LogP contribution in [0.25, 0.3) is 32.0 Å². The molecule has 0 radical (unpaired) electrons. The highest BCUT2D eigenvalue weighted by Gasteiger charge is 2.21. The summed E-state index contributed by atoms with van der Waals surface area (Å²) in [5, 5.41) is 0.458. The lowest BCUT2D eigenvalue weighted by Gasteiger charge is -2.11. The van der Waals surface area contributed by atoms with E-state index in [-0.39, 0.29) is 5.56 Å². The van der Waals surface area contributed by atoms with E-state index in [1.54, 1.807) is 13.4 Å². The molecular weight excluding hydrogens is 455 g/mol. The van der Waals surface area contributed by atoms with Crippen molar-refractivity contribution >= 4 is 21.6 Å². The Bertz CT molecular complexity index is 1680. The van der Waals surface area contributed by atoms with Gasteiger partial charge in [-0.25, -0.2) is 14.2 Å². The van der Waals surface area contributed by atoms with Gasteiger partial charge in [0.05, 0.1) is 35.9 Å². The summed E-state index contributed by atoms with van der Waals surface area (Å²) < 4.78 is 23.6. The quantitative estimate of drug-likeness (QED) is 0.386. The minimum absolute atomic E-state index is 0.365. The Labute approximate surface area is 197 Å². The molecule has 7 nitrogen and oxygen atoms in total. The number of imidazole rings is 1. The number of fused-ring (bicyclic) bond motifs is 1. The van der Waals surface area contributed by atoms with Gasteiger partial charge in [0.2, 0.25) is 0 Å². The van der Waals surface area contributed by atoms with Gasteiger partial charge < -0.3 is 9.30 Å². The number of halogens is 1. The first-order chi connectivity index (χ1) is 16.3. The highest BCUT2D eigenvalue weighted by Crippen LogP contribution is 2.39. The van der Waals surface area contributed by atoms with E-state index in [9.17, 15) is 14.0 Å². The molecule has 3 heterocycles. The van der Waals surface area contributed by atoms with Crippen molar-refractivity contribution in [2.45, 2.75) is 13.8 Å². The van der Waals surface area contributed by atoms with Gasteiger partial charge in [0.25, 0.3) is 5.56 Å². The SMILES string of the molecule is COc1cc(-c2sc3c(c2C)c(=O)n(C)c(=O)n3-c2ccc(F)cc2)ccc1-n1cnc(C)c1. The number of hydrogen-bond donors (Lipinski definition) is 0. The van der Waals surface area contributed by atoms with E-state index in [2.05, 4.69) is 4.98 Å². The van der Waals surface area contributed by atoms with E-state index < -0.39 is 11.5 Å². The topological polar surface area (TPSA) is 71.0 Å². The average Bonchev–Trinajstić information content (AvgIpc) is 3.41. The van der Waals surface area contributed by atoms with Gasteiger partial charge in [-0.1, -0.05) is 6.07 Å². The van der Waals surface area contributed by atoms with Gasteiger partial charge in [-0.15, -0.1) is 11.3 Å². The van der Waals surface area contributed by atoms with E-state index in [4.69, 9.17) is 4.74 Å². The predicted molar refractivity (Wildman–Crippen MR) is 131 cm³/mol. The molecule has 0 fully saturated rings. The Morgan fingerprint density at radius 1 is 1.06 bits per heavy atom. The molecule has 172 valence electrons. The first-order valence-corrected chi connectivity index (χ1v) is 11.3. The van der Waals surface area contributed by atoms with Crippen LogP contribution in [0.15, 0.2) is 64.6 Å². The maximum Gasteiger partial charge on any atom is 0.336 e. The molecule has 5 aromatic rings. The minimum atomic E-state index is -0.486. The fraction of sp³-hybridized carbons (Fsp3) is 0.160. The van der Waals surface area contributed by atoms with Gasteiger partial charge in [0.1, 0.15) is 16.4 Å². The first kappa shape index (κ1) is 21.8. The highest BCUT2D eigenvalue weighted by atomic mass is 32.1. The van der Waals surface area contributed by atoms with Crippen LogP contribution in [-0.2, 0) is 7.05 Å². The molecule has 0 spiro atoms. The molecule has 0 saturated carbocycles. The second-order valence-corrected chi connectivity index (χ2v) is 9.00. The van der Waals surface area contributed by atoms with Crippen LogP contribution in [0, 0.1) is 19.7 Å². The molecule has 0 unspecified atom stereocenters. The highest BCUT2D eigenvalue weighted by molar-refractivity contribution is 7.22. The van der Waals surface area contributed by atoms with Crippen LogP contribution in [0.5, 0.6) is 5.75 Å². The molecule has 0 saturated heterocycles. The van der Waals surface area contributed by atoms with Gasteiger partial charge >= 0.3 is 5.69 Å². The maximum atomic E-state index is 13.5. The van der Waals surface area contributed by atoms with Crippen LogP contribution >= 0.6 is 11.3 Å². The molecule has 34 heavy (non-hydrogen) atoms. The molecule has 5 rings (SSSR count). The number of aryl methyl sites for hydroxylation is 2. The third-order valence-electron chi connectivity index (χ3n) is 5.84. The van der Waals surface area contributed by atoms with Crippen molar-refractivity contribution in [3.05, 3.63) is 92.9 Å². The molecule has 3 aromatic heterocycles. The van der Waals surface area contributed by atoms with E-state index in [0.717, 1.165) is 32.0 Å². The van der Waals surface area contributed by atoms with Gasteiger partial charge in [-0.2, -0.15) is 0 Å². The Balaban J connectivity index is 1.76. The summed E-state index contributed by atoms with van der Waals surface area (Å²) in [5.41, 5.74) is 2.99. The summed E-state index contributed by atoms with van der Waals surface area (Å²) in [6.45, 7) is 3.79. The molecule has 0 atom stereocenters. The summed E-state index contributed by atoms with van der Waals surface area (Å²) in [6, 6.07) is 11.4. The maximum absolute atomic E-state index is 13.5. The third kappa shape index (κ3) is 3.36. The number of ether oxygens (including phenoxy) is 1. The Kier molecular flexibility index (Phi) is 5.21. The lowest BCUT2D eigenvalue weighted by molar-refractivity contribution is 0.413. The summed E-state index contributed by atoms with van der Waals surface area (Å²) in [5.74, 6) is 0.247. The summed E-state index contributed by atoms with van der Waals surface area (Å²) in [6.07, 6.45) is 3.63. The van der Waals surface area contributed by atoms with E-state index in [1.165, 1.54) is 47.2 Å². The molecule has 2 aromatic carbocycles. The largest absolute Gasteiger partial charge is 0.495 e. The van der Waals surface area contributed by atoms with E-state index in [1.807, 2.05) is 42.8 Å². The van der Waals surface area contributed by atoms with Crippen LogP contribution in [0.3, 0.4) is 0 Å². The molecule has 0 aliphatic heterocycles. The summed E-state index contributed by atoms with van der Waals surface area (Å²) >= 11 is 1.35. The number of aromatic nitrogens is 4. The van der Waals surface area contributed by atoms with Crippen LogP contribution in [0.2, 0.25) is 0 Å². The normalized spacial score (nSPS) is 11.3. The monoisotopic (exact) mass is 476 g/mol. The van der Waals surface area contributed by atoms with Crippen LogP contribution in [-0.4, -0.2) is 25.8 Å². The van der Waals surface area contributed by atoms with Crippen molar-refractivity contribution in [3.63, 3.8) is 0 Å². The lowest BCUT2D eigenvalue weighted by atomic mass is 10.1. The Morgan fingerprint density at radius 2 is 1.79 bits per heavy atom. The van der Waals surface area contributed by atoms with Crippen molar-refractivity contribution < 1.29 is 9.13 Å². The number of benzene rings is 2. The molecule has 0 amide bonds. The van der Waals surface area contributed by atoms with Gasteiger partial charge in [-0.3, -0.25) is 13.9 Å². The average molecular weight is 477 g/mol. The fourth-order valence-electron chi connectivity index (χ4n) is 4.08. The number of methoxy groups -OCH3 is 1. The third-order valence-corrected chi connectivity index (χ3v) is 7.17. The molecule has 0 aliphatic rings. The van der Waals surface area contributed by atoms with Crippen molar-refractivity contribution in [3.8, 4) is 27.6 Å². The van der Waals surface area contributed by atoms with Gasteiger partial charge in [0, 0.05) is 18.1 Å². The van der Waals surface area contributed by atoms with E-state index >= 15 is 0 Å². The van der Waals surface area contributed by atoms with Gasteiger partial charge in [-0.05, 0) is 61.4 Å². The second kappa shape index (κ2) is 8.11. The number of rotatable bonds is 4. The Hall–Kier alpha value is -3.98. The van der Waals surface area contributed by atoms with Crippen LogP contribution < -0.4 is 16.0 Å². The number of thiophene rings is 1.